The number of nitrogens with zero attached hydrogens (tertiary/aromatic N) is 3. The van der Waals surface area contributed by atoms with E-state index in [9.17, 15) is 0 Å². The van der Waals surface area contributed by atoms with E-state index in [2.05, 4.69) is 23.2 Å². The predicted molar refractivity (Wildman–Crippen MR) is 75.7 cm³/mol. The summed E-state index contributed by atoms with van der Waals surface area (Å²) in [4.78, 5) is 2.38. The molecule has 0 aliphatic carbocycles. The fraction of sp³-hybridized carbons (Fsp3) is 0.750. The molecule has 17 heavy (non-hydrogen) atoms. The van der Waals surface area contributed by atoms with Crippen LogP contribution in [0.5, 0.6) is 0 Å². The Labute approximate surface area is 108 Å². The first-order valence-electron chi connectivity index (χ1n) is 6.26. The number of piperidine rings is 1. The van der Waals surface area contributed by atoms with Crippen molar-refractivity contribution in [3.63, 3.8) is 0 Å². The van der Waals surface area contributed by atoms with Gasteiger partial charge < -0.3 is 10.6 Å². The molecule has 0 saturated carbocycles. The molecule has 0 bridgehead atoms. The maximum Gasteiger partial charge on any atom is 0.150 e. The van der Waals surface area contributed by atoms with E-state index in [-0.39, 0.29) is 0 Å². The first-order chi connectivity index (χ1) is 8.17. The summed E-state index contributed by atoms with van der Waals surface area (Å²) in [5.74, 6) is 1.11. The van der Waals surface area contributed by atoms with E-state index in [1.54, 1.807) is 0 Å². The average Bonchev–Trinajstić information content (AvgIpc) is 2.64. The smallest absolute Gasteiger partial charge is 0.150 e. The van der Waals surface area contributed by atoms with Crippen molar-refractivity contribution in [1.29, 1.82) is 0 Å². The molecular weight excluding hydrogens is 232 g/mol. The van der Waals surface area contributed by atoms with Crippen LogP contribution in [0.3, 0.4) is 0 Å². The maximum atomic E-state index is 6.18. The number of hydrogen-bond donors (Lipinski definition) is 1. The number of aromatic nitrogens is 2. The van der Waals surface area contributed by atoms with Crippen LogP contribution in [0, 0.1) is 0 Å². The normalized spacial score (nSPS) is 17.7. The highest BCUT2D eigenvalue weighted by atomic mass is 32.2. The van der Waals surface area contributed by atoms with Gasteiger partial charge in [-0.25, -0.2) is 0 Å². The van der Waals surface area contributed by atoms with Gasteiger partial charge in [-0.1, -0.05) is 6.92 Å². The van der Waals surface area contributed by atoms with Gasteiger partial charge in [0, 0.05) is 25.4 Å². The lowest BCUT2D eigenvalue weighted by molar-refractivity contribution is 0.573. The van der Waals surface area contributed by atoms with Gasteiger partial charge in [-0.2, -0.15) is 16.9 Å². The molecule has 0 atom stereocenters. The van der Waals surface area contributed by atoms with Gasteiger partial charge in [-0.05, 0) is 25.5 Å². The van der Waals surface area contributed by atoms with Crippen molar-refractivity contribution in [1.82, 2.24) is 9.78 Å². The highest BCUT2D eigenvalue weighted by Gasteiger charge is 2.23. The minimum Gasteiger partial charge on any atom is -0.394 e. The molecule has 1 aliphatic rings. The van der Waals surface area contributed by atoms with Crippen molar-refractivity contribution in [2.45, 2.75) is 31.4 Å². The molecule has 4 nitrogen and oxygen atoms in total. The summed E-state index contributed by atoms with van der Waals surface area (Å²) in [7, 11) is 1.99. The minimum absolute atomic E-state index is 0.811. The first kappa shape index (κ1) is 12.6. The van der Waals surface area contributed by atoms with Crippen molar-refractivity contribution in [2.75, 3.05) is 30.0 Å². The van der Waals surface area contributed by atoms with Gasteiger partial charge in [0.25, 0.3) is 0 Å². The number of anilines is 2. The van der Waals surface area contributed by atoms with Gasteiger partial charge in [-0.15, -0.1) is 0 Å². The number of aryl methyl sites for hydroxylation is 2. The molecule has 1 saturated heterocycles. The van der Waals surface area contributed by atoms with E-state index >= 15 is 0 Å². The number of hydrogen-bond acceptors (Lipinski definition) is 4. The predicted octanol–water partition coefficient (Wildman–Crippen LogP) is 1.90. The lowest BCUT2D eigenvalue weighted by Gasteiger charge is -2.32. The maximum absolute atomic E-state index is 6.18. The number of rotatable bonds is 3. The van der Waals surface area contributed by atoms with Gasteiger partial charge in [0.2, 0.25) is 0 Å². The molecular formula is C12H22N4S. The molecule has 2 N–H and O–H groups in total. The Morgan fingerprint density at radius 1 is 1.41 bits per heavy atom. The highest BCUT2D eigenvalue weighted by molar-refractivity contribution is 7.99. The Morgan fingerprint density at radius 3 is 2.53 bits per heavy atom. The molecule has 1 aromatic rings. The number of thioether (sulfide) groups is 1. The van der Waals surface area contributed by atoms with E-state index in [0.29, 0.717) is 0 Å². The van der Waals surface area contributed by atoms with Crippen molar-refractivity contribution >= 4 is 23.3 Å². The van der Waals surface area contributed by atoms with Gasteiger partial charge in [0.15, 0.2) is 0 Å². The summed E-state index contributed by atoms with van der Waals surface area (Å²) >= 11 is 1.98. The van der Waals surface area contributed by atoms with Crippen LogP contribution in [0.25, 0.3) is 0 Å². The molecule has 0 unspecified atom stereocenters. The second-order valence-electron chi connectivity index (χ2n) is 4.58. The SMILES string of the molecule is CCc1nn(C)c(N2CCC(SC)CC2)c1N. The quantitative estimate of drug-likeness (QED) is 0.895. The Balaban J connectivity index is 2.15. The molecule has 96 valence electrons. The third kappa shape index (κ3) is 2.39. The fourth-order valence-electron chi connectivity index (χ4n) is 2.53. The lowest BCUT2D eigenvalue weighted by atomic mass is 10.1. The second kappa shape index (κ2) is 5.21. The van der Waals surface area contributed by atoms with Crippen LogP contribution in [0.2, 0.25) is 0 Å². The van der Waals surface area contributed by atoms with Crippen LogP contribution in [0.4, 0.5) is 11.5 Å². The lowest BCUT2D eigenvalue weighted by Crippen LogP contribution is -2.36. The van der Waals surface area contributed by atoms with Crippen molar-refractivity contribution in [3.8, 4) is 0 Å². The summed E-state index contributed by atoms with van der Waals surface area (Å²) in [6, 6.07) is 0. The Morgan fingerprint density at radius 2 is 2.06 bits per heavy atom. The average molecular weight is 254 g/mol. The zero-order valence-electron chi connectivity index (χ0n) is 10.9. The largest absolute Gasteiger partial charge is 0.394 e. The molecule has 2 heterocycles. The fourth-order valence-corrected chi connectivity index (χ4v) is 3.21. The number of nitrogen functional groups attached to an aromatic ring is 1. The summed E-state index contributed by atoms with van der Waals surface area (Å²) in [5, 5.41) is 5.30. The van der Waals surface area contributed by atoms with Gasteiger partial charge in [0.1, 0.15) is 5.82 Å². The minimum atomic E-state index is 0.811. The Hall–Kier alpha value is -0.840. The van der Waals surface area contributed by atoms with E-state index in [4.69, 9.17) is 5.73 Å². The molecule has 0 radical (unpaired) electrons. The van der Waals surface area contributed by atoms with Crippen LogP contribution in [-0.2, 0) is 13.5 Å². The zero-order chi connectivity index (χ0) is 12.4. The summed E-state index contributed by atoms with van der Waals surface area (Å²) in [6.07, 6.45) is 5.59. The van der Waals surface area contributed by atoms with Crippen LogP contribution < -0.4 is 10.6 Å². The summed E-state index contributed by atoms with van der Waals surface area (Å²) in [6.45, 7) is 4.29. The van der Waals surface area contributed by atoms with Crippen molar-refractivity contribution in [3.05, 3.63) is 5.69 Å². The molecule has 1 fully saturated rings. The van der Waals surface area contributed by atoms with Crippen molar-refractivity contribution in [2.24, 2.45) is 7.05 Å². The Bertz CT molecular complexity index is 380. The zero-order valence-corrected chi connectivity index (χ0v) is 11.8. The van der Waals surface area contributed by atoms with Crippen LogP contribution in [0.1, 0.15) is 25.5 Å². The topological polar surface area (TPSA) is 47.1 Å². The monoisotopic (exact) mass is 254 g/mol. The van der Waals surface area contributed by atoms with Gasteiger partial charge in [0.05, 0.1) is 11.4 Å². The summed E-state index contributed by atoms with van der Waals surface area (Å²) in [5.41, 5.74) is 8.08. The highest BCUT2D eigenvalue weighted by Crippen LogP contribution is 2.30. The van der Waals surface area contributed by atoms with Crippen LogP contribution in [-0.4, -0.2) is 34.4 Å². The molecule has 0 amide bonds. The first-order valence-corrected chi connectivity index (χ1v) is 7.55. The molecule has 2 rings (SSSR count). The second-order valence-corrected chi connectivity index (χ2v) is 5.72. The third-order valence-corrected chi connectivity index (χ3v) is 4.68. The van der Waals surface area contributed by atoms with E-state index < -0.39 is 0 Å². The molecule has 1 aliphatic heterocycles. The van der Waals surface area contributed by atoms with E-state index in [1.807, 2.05) is 23.5 Å². The summed E-state index contributed by atoms with van der Waals surface area (Å²) < 4.78 is 1.94. The van der Waals surface area contributed by atoms with Crippen LogP contribution in [0.15, 0.2) is 0 Å². The van der Waals surface area contributed by atoms with Crippen LogP contribution >= 0.6 is 11.8 Å². The third-order valence-electron chi connectivity index (χ3n) is 3.54. The number of nitrogens with two attached hydrogens (primary N) is 1. The molecule has 5 heteroatoms. The van der Waals surface area contributed by atoms with E-state index in [0.717, 1.165) is 42.0 Å². The Kier molecular flexibility index (Phi) is 3.86. The van der Waals surface area contributed by atoms with Gasteiger partial charge in [-0.3, -0.25) is 4.68 Å². The van der Waals surface area contributed by atoms with Crippen molar-refractivity contribution < 1.29 is 0 Å². The molecule has 0 aromatic carbocycles. The molecule has 0 spiro atoms. The van der Waals surface area contributed by atoms with Gasteiger partial charge >= 0.3 is 0 Å². The van der Waals surface area contributed by atoms with E-state index in [1.165, 1.54) is 12.8 Å². The molecule has 1 aromatic heterocycles. The standard InChI is InChI=1S/C12H22N4S/c1-4-10-11(13)12(15(2)14-10)16-7-5-9(17-3)6-8-16/h9H,4-8,13H2,1-3H3.